The number of hydrogen-bond donors (Lipinski definition) is 2. The first-order valence-electron chi connectivity index (χ1n) is 7.30. The molecule has 0 unspecified atom stereocenters. The van der Waals surface area contributed by atoms with Crippen molar-refractivity contribution in [3.05, 3.63) is 42.6 Å². The van der Waals surface area contributed by atoms with Gasteiger partial charge in [0.25, 0.3) is 0 Å². The minimum atomic E-state index is 0.0281. The van der Waals surface area contributed by atoms with Gasteiger partial charge in [-0.15, -0.1) is 5.10 Å². The molecule has 0 radical (unpaired) electrons. The summed E-state index contributed by atoms with van der Waals surface area (Å²) in [7, 11) is 0. The monoisotopic (exact) mass is 296 g/mol. The highest BCUT2D eigenvalue weighted by molar-refractivity contribution is 5.74. The van der Waals surface area contributed by atoms with E-state index in [0.29, 0.717) is 6.54 Å². The van der Waals surface area contributed by atoms with Crippen molar-refractivity contribution in [1.29, 1.82) is 0 Å². The fraction of sp³-hybridized carbons (Fsp3) is 0.312. The van der Waals surface area contributed by atoms with Gasteiger partial charge in [0.1, 0.15) is 11.5 Å². The van der Waals surface area contributed by atoms with Gasteiger partial charge in [-0.2, -0.15) is 0 Å². The zero-order valence-electron chi connectivity index (χ0n) is 12.8. The Balaban J connectivity index is 1.88. The Hall–Kier alpha value is -2.47. The van der Waals surface area contributed by atoms with Crippen LogP contribution in [0.15, 0.2) is 42.6 Å². The second kappa shape index (κ2) is 5.73. The van der Waals surface area contributed by atoms with Crippen molar-refractivity contribution in [2.45, 2.75) is 13.8 Å². The molecule has 0 aliphatic carbocycles. The van der Waals surface area contributed by atoms with Crippen molar-refractivity contribution >= 4 is 11.3 Å². The fourth-order valence-electron chi connectivity index (χ4n) is 2.09. The summed E-state index contributed by atoms with van der Waals surface area (Å²) in [6.07, 6.45) is 1.87. The summed E-state index contributed by atoms with van der Waals surface area (Å²) in [6.45, 7) is 5.63. The van der Waals surface area contributed by atoms with E-state index in [9.17, 15) is 0 Å². The molecule has 0 aliphatic rings. The number of aromatic nitrogens is 4. The van der Waals surface area contributed by atoms with E-state index < -0.39 is 0 Å². The number of nitrogens with one attached hydrogen (secondary N) is 1. The van der Waals surface area contributed by atoms with Gasteiger partial charge in [0.05, 0.1) is 11.2 Å². The molecule has 3 aromatic heterocycles. The van der Waals surface area contributed by atoms with Gasteiger partial charge in [-0.25, -0.2) is 9.50 Å². The van der Waals surface area contributed by atoms with Gasteiger partial charge in [-0.3, -0.25) is 0 Å². The molecule has 3 heterocycles. The highest BCUT2D eigenvalue weighted by Crippen LogP contribution is 2.22. The molecular weight excluding hydrogens is 276 g/mol. The molecule has 0 fully saturated rings. The lowest BCUT2D eigenvalue weighted by atomic mass is 9.94. The summed E-state index contributed by atoms with van der Waals surface area (Å²) in [4.78, 5) is 4.63. The van der Waals surface area contributed by atoms with Crippen molar-refractivity contribution in [1.82, 2.24) is 19.8 Å². The number of nitrogens with two attached hydrogens (primary N) is 1. The molecule has 0 amide bonds. The SMILES string of the molecule is CC(C)(CN)CNc1cccc(-c2nnn3ccccc23)n1. The van der Waals surface area contributed by atoms with Gasteiger partial charge in [-0.05, 0) is 36.2 Å². The average molecular weight is 296 g/mol. The van der Waals surface area contributed by atoms with E-state index in [1.165, 1.54) is 0 Å². The molecule has 0 atom stereocenters. The van der Waals surface area contributed by atoms with Gasteiger partial charge < -0.3 is 11.1 Å². The minimum Gasteiger partial charge on any atom is -0.369 e. The molecule has 6 nitrogen and oxygen atoms in total. The first kappa shape index (κ1) is 14.5. The Morgan fingerprint density at radius 2 is 2.05 bits per heavy atom. The van der Waals surface area contributed by atoms with Crippen molar-refractivity contribution < 1.29 is 0 Å². The smallest absolute Gasteiger partial charge is 0.139 e. The van der Waals surface area contributed by atoms with Crippen LogP contribution < -0.4 is 11.1 Å². The van der Waals surface area contributed by atoms with Crippen LogP contribution >= 0.6 is 0 Å². The third-order valence-corrected chi connectivity index (χ3v) is 3.62. The van der Waals surface area contributed by atoms with Crippen LogP contribution in [0.25, 0.3) is 16.9 Å². The molecule has 3 rings (SSSR count). The van der Waals surface area contributed by atoms with Crippen molar-refractivity contribution in [3.63, 3.8) is 0 Å². The van der Waals surface area contributed by atoms with Crippen molar-refractivity contribution in [3.8, 4) is 11.4 Å². The maximum atomic E-state index is 5.76. The Morgan fingerprint density at radius 3 is 2.86 bits per heavy atom. The molecule has 0 saturated carbocycles. The number of pyridine rings is 2. The second-order valence-electron chi connectivity index (χ2n) is 6.10. The van der Waals surface area contributed by atoms with Crippen LogP contribution in [0.5, 0.6) is 0 Å². The summed E-state index contributed by atoms with van der Waals surface area (Å²) in [5, 5.41) is 11.7. The normalized spacial score (nSPS) is 11.8. The fourth-order valence-corrected chi connectivity index (χ4v) is 2.09. The lowest BCUT2D eigenvalue weighted by molar-refractivity contribution is 0.405. The van der Waals surface area contributed by atoms with Crippen LogP contribution in [0.2, 0.25) is 0 Å². The molecule has 3 aromatic rings. The molecule has 0 bridgehead atoms. The standard InChI is InChI=1S/C16H20N6/c1-16(2,10-17)11-18-14-8-5-6-12(19-14)15-13-7-3-4-9-22(13)21-20-15/h3-9H,10-11,17H2,1-2H3,(H,18,19). The summed E-state index contributed by atoms with van der Waals surface area (Å²) in [5.74, 6) is 0.816. The van der Waals surface area contributed by atoms with E-state index in [0.717, 1.165) is 29.3 Å². The van der Waals surface area contributed by atoms with Gasteiger partial charge in [-0.1, -0.05) is 31.2 Å². The molecule has 0 aromatic carbocycles. The molecule has 6 heteroatoms. The Kier molecular flexibility index (Phi) is 3.77. The number of fused-ring (bicyclic) bond motifs is 1. The van der Waals surface area contributed by atoms with Crippen LogP contribution in [0.3, 0.4) is 0 Å². The van der Waals surface area contributed by atoms with Crippen LogP contribution in [-0.2, 0) is 0 Å². The van der Waals surface area contributed by atoms with E-state index in [4.69, 9.17) is 5.73 Å². The first-order chi connectivity index (χ1) is 10.6. The maximum absolute atomic E-state index is 5.76. The van der Waals surface area contributed by atoms with Crippen molar-refractivity contribution in [2.75, 3.05) is 18.4 Å². The Labute approximate surface area is 129 Å². The molecular formula is C16H20N6. The molecule has 22 heavy (non-hydrogen) atoms. The van der Waals surface area contributed by atoms with Crippen LogP contribution in [0, 0.1) is 5.41 Å². The minimum absolute atomic E-state index is 0.0281. The maximum Gasteiger partial charge on any atom is 0.139 e. The zero-order valence-corrected chi connectivity index (χ0v) is 12.8. The zero-order chi connectivity index (χ0) is 15.6. The van der Waals surface area contributed by atoms with E-state index in [1.54, 1.807) is 4.52 Å². The Bertz CT molecular complexity index is 777. The van der Waals surface area contributed by atoms with Gasteiger partial charge in [0.15, 0.2) is 0 Å². The highest BCUT2D eigenvalue weighted by atomic mass is 15.4. The third-order valence-electron chi connectivity index (χ3n) is 3.62. The highest BCUT2D eigenvalue weighted by Gasteiger charge is 2.16. The topological polar surface area (TPSA) is 81.1 Å². The number of anilines is 1. The van der Waals surface area contributed by atoms with E-state index in [-0.39, 0.29) is 5.41 Å². The average Bonchev–Trinajstić information content (AvgIpc) is 2.97. The second-order valence-corrected chi connectivity index (χ2v) is 6.10. The lowest BCUT2D eigenvalue weighted by Gasteiger charge is -2.22. The van der Waals surface area contributed by atoms with Crippen molar-refractivity contribution in [2.24, 2.45) is 11.1 Å². The van der Waals surface area contributed by atoms with Gasteiger partial charge >= 0.3 is 0 Å². The van der Waals surface area contributed by atoms with E-state index in [1.807, 2.05) is 42.6 Å². The van der Waals surface area contributed by atoms with Gasteiger partial charge in [0.2, 0.25) is 0 Å². The quantitative estimate of drug-likeness (QED) is 0.754. The number of nitrogens with zero attached hydrogens (tertiary/aromatic N) is 4. The summed E-state index contributed by atoms with van der Waals surface area (Å²) < 4.78 is 1.74. The Morgan fingerprint density at radius 1 is 1.18 bits per heavy atom. The largest absolute Gasteiger partial charge is 0.369 e. The van der Waals surface area contributed by atoms with E-state index in [2.05, 4.69) is 34.5 Å². The summed E-state index contributed by atoms with van der Waals surface area (Å²) >= 11 is 0. The number of rotatable bonds is 5. The molecule has 0 aliphatic heterocycles. The predicted molar refractivity (Wildman–Crippen MR) is 87.5 cm³/mol. The number of hydrogen-bond acceptors (Lipinski definition) is 5. The van der Waals surface area contributed by atoms with Crippen LogP contribution in [0.1, 0.15) is 13.8 Å². The lowest BCUT2D eigenvalue weighted by Crippen LogP contribution is -2.31. The van der Waals surface area contributed by atoms with Crippen LogP contribution in [-0.4, -0.2) is 32.9 Å². The van der Waals surface area contributed by atoms with E-state index >= 15 is 0 Å². The van der Waals surface area contributed by atoms with Crippen LogP contribution in [0.4, 0.5) is 5.82 Å². The molecule has 3 N–H and O–H groups in total. The summed E-state index contributed by atoms with van der Waals surface area (Å²) in [5.41, 5.74) is 8.31. The first-order valence-corrected chi connectivity index (χ1v) is 7.30. The predicted octanol–water partition coefficient (Wildman–Crippen LogP) is 2.19. The molecule has 114 valence electrons. The third kappa shape index (κ3) is 2.92. The molecule has 0 saturated heterocycles. The van der Waals surface area contributed by atoms with Gasteiger partial charge in [0, 0.05) is 12.7 Å². The summed E-state index contributed by atoms with van der Waals surface area (Å²) in [6, 6.07) is 11.7. The molecule has 0 spiro atoms.